The van der Waals surface area contributed by atoms with Crippen LogP contribution in [0.4, 0.5) is 11.6 Å². The second kappa shape index (κ2) is 7.42. The minimum atomic E-state index is -0.285. The number of amides is 1. The molecule has 1 aromatic carbocycles. The summed E-state index contributed by atoms with van der Waals surface area (Å²) in [5.41, 5.74) is 0.424. The fourth-order valence-electron chi connectivity index (χ4n) is 2.69. The molecule has 1 aliphatic heterocycles. The van der Waals surface area contributed by atoms with E-state index in [-0.39, 0.29) is 5.91 Å². The number of aromatic nitrogens is 2. The Morgan fingerprint density at radius 3 is 2.39 bits per heavy atom. The fraction of sp³-hybridized carbons (Fsp3) is 0.353. The zero-order chi connectivity index (χ0) is 16.1. The van der Waals surface area contributed by atoms with E-state index in [9.17, 15) is 4.79 Å². The lowest BCUT2D eigenvalue weighted by molar-refractivity contribution is 0.102. The number of benzene rings is 1. The van der Waals surface area contributed by atoms with Crippen LogP contribution < -0.4 is 10.2 Å². The molecule has 120 valence electrons. The molecule has 1 aromatic heterocycles. The molecule has 6 heteroatoms. The molecule has 1 amide bonds. The van der Waals surface area contributed by atoms with Crippen LogP contribution in [0.2, 0.25) is 5.02 Å². The van der Waals surface area contributed by atoms with Gasteiger partial charge in [-0.05, 0) is 37.1 Å². The molecule has 0 unspecified atom stereocenters. The second-order valence-corrected chi connectivity index (χ2v) is 6.02. The molecule has 0 atom stereocenters. The van der Waals surface area contributed by atoms with E-state index in [0.29, 0.717) is 16.4 Å². The predicted molar refractivity (Wildman–Crippen MR) is 92.1 cm³/mol. The Kier molecular flexibility index (Phi) is 5.08. The molecule has 1 saturated heterocycles. The van der Waals surface area contributed by atoms with Crippen LogP contribution in [0, 0.1) is 0 Å². The third-order valence-corrected chi connectivity index (χ3v) is 4.27. The standard InChI is InChI=1S/C17H19ClN4O/c18-14-8-4-3-7-13(14)17(23)19-15-9-10-16(21-20-15)22-11-5-1-2-6-12-22/h3-4,7-10H,1-2,5-6,11-12H2,(H,19,20,23). The number of halogens is 1. The van der Waals surface area contributed by atoms with Crippen LogP contribution in [0.25, 0.3) is 0 Å². The molecule has 0 aliphatic carbocycles. The van der Waals surface area contributed by atoms with Crippen molar-refractivity contribution in [1.82, 2.24) is 10.2 Å². The first kappa shape index (κ1) is 15.7. The van der Waals surface area contributed by atoms with Gasteiger partial charge in [0.1, 0.15) is 0 Å². The van der Waals surface area contributed by atoms with Gasteiger partial charge in [-0.25, -0.2) is 0 Å². The van der Waals surface area contributed by atoms with Crippen molar-refractivity contribution in [3.8, 4) is 0 Å². The topological polar surface area (TPSA) is 58.1 Å². The maximum Gasteiger partial charge on any atom is 0.258 e. The van der Waals surface area contributed by atoms with Crippen molar-refractivity contribution in [2.75, 3.05) is 23.3 Å². The molecule has 1 N–H and O–H groups in total. The molecule has 5 nitrogen and oxygen atoms in total. The number of hydrogen-bond acceptors (Lipinski definition) is 4. The smallest absolute Gasteiger partial charge is 0.258 e. The van der Waals surface area contributed by atoms with Gasteiger partial charge in [-0.3, -0.25) is 4.79 Å². The lowest BCUT2D eigenvalue weighted by Gasteiger charge is -2.20. The molecular formula is C17H19ClN4O. The molecule has 2 heterocycles. The average molecular weight is 331 g/mol. The van der Waals surface area contributed by atoms with Crippen molar-refractivity contribution < 1.29 is 4.79 Å². The van der Waals surface area contributed by atoms with Crippen molar-refractivity contribution >= 4 is 29.1 Å². The molecule has 0 radical (unpaired) electrons. The highest BCUT2D eigenvalue weighted by atomic mass is 35.5. The Morgan fingerprint density at radius 2 is 1.74 bits per heavy atom. The molecule has 0 spiro atoms. The van der Waals surface area contributed by atoms with Crippen molar-refractivity contribution in [2.45, 2.75) is 25.7 Å². The second-order valence-electron chi connectivity index (χ2n) is 5.61. The van der Waals surface area contributed by atoms with Crippen LogP contribution in [0.5, 0.6) is 0 Å². The van der Waals surface area contributed by atoms with E-state index in [2.05, 4.69) is 20.4 Å². The lowest BCUT2D eigenvalue weighted by atomic mass is 10.2. The van der Waals surface area contributed by atoms with E-state index in [1.54, 1.807) is 30.3 Å². The summed E-state index contributed by atoms with van der Waals surface area (Å²) in [7, 11) is 0. The van der Waals surface area contributed by atoms with Gasteiger partial charge in [0.25, 0.3) is 5.91 Å². The normalized spacial score (nSPS) is 15.1. The molecule has 1 fully saturated rings. The van der Waals surface area contributed by atoms with Gasteiger partial charge in [0.05, 0.1) is 10.6 Å². The number of nitrogens with zero attached hydrogens (tertiary/aromatic N) is 3. The Bertz CT molecular complexity index is 667. The third kappa shape index (κ3) is 3.99. The summed E-state index contributed by atoms with van der Waals surface area (Å²) >= 11 is 6.02. The van der Waals surface area contributed by atoms with Crippen LogP contribution in [-0.4, -0.2) is 29.2 Å². The largest absolute Gasteiger partial charge is 0.355 e. The maximum atomic E-state index is 12.2. The third-order valence-electron chi connectivity index (χ3n) is 3.94. The average Bonchev–Trinajstić information content (AvgIpc) is 2.85. The molecular weight excluding hydrogens is 312 g/mol. The van der Waals surface area contributed by atoms with E-state index in [4.69, 9.17) is 11.6 Å². The summed E-state index contributed by atoms with van der Waals surface area (Å²) in [5, 5.41) is 11.5. The van der Waals surface area contributed by atoms with Gasteiger partial charge in [0.15, 0.2) is 11.6 Å². The highest BCUT2D eigenvalue weighted by Crippen LogP contribution is 2.19. The molecule has 0 saturated carbocycles. The highest BCUT2D eigenvalue weighted by Gasteiger charge is 2.13. The van der Waals surface area contributed by atoms with E-state index < -0.39 is 0 Å². The SMILES string of the molecule is O=C(Nc1ccc(N2CCCCCC2)nn1)c1ccccc1Cl. The number of carbonyl (C=O) groups excluding carboxylic acids is 1. The zero-order valence-electron chi connectivity index (χ0n) is 12.8. The first-order chi connectivity index (χ1) is 11.2. The summed E-state index contributed by atoms with van der Waals surface area (Å²) in [4.78, 5) is 14.4. The van der Waals surface area contributed by atoms with Crippen molar-refractivity contribution in [3.05, 3.63) is 47.0 Å². The van der Waals surface area contributed by atoms with Crippen LogP contribution in [-0.2, 0) is 0 Å². The number of rotatable bonds is 3. The van der Waals surface area contributed by atoms with Crippen LogP contribution in [0.1, 0.15) is 36.0 Å². The minimum Gasteiger partial charge on any atom is -0.355 e. The van der Waals surface area contributed by atoms with Crippen LogP contribution in [0.3, 0.4) is 0 Å². The van der Waals surface area contributed by atoms with Crippen molar-refractivity contribution in [2.24, 2.45) is 0 Å². The van der Waals surface area contributed by atoms with E-state index in [1.807, 2.05) is 6.07 Å². The van der Waals surface area contributed by atoms with E-state index in [0.717, 1.165) is 18.9 Å². The summed E-state index contributed by atoms with van der Waals surface area (Å²) in [5.74, 6) is 1.00. The molecule has 1 aliphatic rings. The Labute approximate surface area is 140 Å². The minimum absolute atomic E-state index is 0.285. The van der Waals surface area contributed by atoms with Crippen LogP contribution >= 0.6 is 11.6 Å². The Hall–Kier alpha value is -2.14. The lowest BCUT2D eigenvalue weighted by Crippen LogP contribution is -2.25. The first-order valence-corrected chi connectivity index (χ1v) is 8.26. The van der Waals surface area contributed by atoms with Crippen LogP contribution in [0.15, 0.2) is 36.4 Å². The van der Waals surface area contributed by atoms with Gasteiger partial charge < -0.3 is 10.2 Å². The molecule has 23 heavy (non-hydrogen) atoms. The van der Waals surface area contributed by atoms with Gasteiger partial charge >= 0.3 is 0 Å². The number of anilines is 2. The van der Waals surface area contributed by atoms with Gasteiger partial charge in [-0.2, -0.15) is 0 Å². The van der Waals surface area contributed by atoms with E-state index in [1.165, 1.54) is 25.7 Å². The van der Waals surface area contributed by atoms with Gasteiger partial charge in [0.2, 0.25) is 0 Å². The Balaban J connectivity index is 1.67. The monoisotopic (exact) mass is 330 g/mol. The van der Waals surface area contributed by atoms with E-state index >= 15 is 0 Å². The summed E-state index contributed by atoms with van der Waals surface area (Å²) in [6, 6.07) is 10.6. The highest BCUT2D eigenvalue weighted by molar-refractivity contribution is 6.34. The quantitative estimate of drug-likeness (QED) is 0.930. The van der Waals surface area contributed by atoms with Crippen molar-refractivity contribution in [3.63, 3.8) is 0 Å². The first-order valence-electron chi connectivity index (χ1n) is 7.88. The summed E-state index contributed by atoms with van der Waals surface area (Å²) in [6.45, 7) is 2.03. The van der Waals surface area contributed by atoms with Gasteiger partial charge in [-0.15, -0.1) is 10.2 Å². The number of nitrogens with one attached hydrogen (secondary N) is 1. The van der Waals surface area contributed by atoms with Crippen molar-refractivity contribution in [1.29, 1.82) is 0 Å². The molecule has 0 bridgehead atoms. The predicted octanol–water partition coefficient (Wildman–Crippen LogP) is 3.76. The molecule has 2 aromatic rings. The zero-order valence-corrected chi connectivity index (χ0v) is 13.6. The van der Waals surface area contributed by atoms with Gasteiger partial charge in [-0.1, -0.05) is 36.6 Å². The van der Waals surface area contributed by atoms with Gasteiger partial charge in [0, 0.05) is 13.1 Å². The molecule has 3 rings (SSSR count). The maximum absolute atomic E-state index is 12.2. The summed E-state index contributed by atoms with van der Waals surface area (Å²) in [6.07, 6.45) is 4.92. The fourth-order valence-corrected chi connectivity index (χ4v) is 2.91. The number of hydrogen-bond donors (Lipinski definition) is 1. The Morgan fingerprint density at radius 1 is 1.00 bits per heavy atom. The summed E-state index contributed by atoms with van der Waals surface area (Å²) < 4.78 is 0. The number of carbonyl (C=O) groups is 1.